The number of benzene rings is 1. The van der Waals surface area contributed by atoms with Crippen molar-refractivity contribution in [2.24, 2.45) is 16.8 Å². The van der Waals surface area contributed by atoms with Gasteiger partial charge in [-0.05, 0) is 36.7 Å². The molecule has 29 heavy (non-hydrogen) atoms. The van der Waals surface area contributed by atoms with Crippen molar-refractivity contribution in [2.45, 2.75) is 25.2 Å². The Hall–Kier alpha value is -1.35. The molecule has 1 aromatic rings. The van der Waals surface area contributed by atoms with Crippen LogP contribution in [0.2, 0.25) is 0 Å². The van der Waals surface area contributed by atoms with E-state index in [2.05, 4.69) is 45.5 Å². The first-order chi connectivity index (χ1) is 13.8. The van der Waals surface area contributed by atoms with Gasteiger partial charge in [0.05, 0.1) is 13.2 Å². The fourth-order valence-electron chi connectivity index (χ4n) is 4.52. The van der Waals surface area contributed by atoms with E-state index in [0.717, 1.165) is 51.5 Å². The molecule has 2 unspecified atom stereocenters. The Kier molecular flexibility index (Phi) is 8.17. The normalized spacial score (nSPS) is 25.3. The Morgan fingerprint density at radius 3 is 2.45 bits per heavy atom. The summed E-state index contributed by atoms with van der Waals surface area (Å²) in [5.74, 6) is 2.83. The Labute approximate surface area is 191 Å². The topological polar surface area (TPSA) is 57.2 Å². The summed E-state index contributed by atoms with van der Waals surface area (Å²) in [4.78, 5) is 21.5. The van der Waals surface area contributed by atoms with E-state index >= 15 is 0 Å². The first-order valence-corrected chi connectivity index (χ1v) is 10.6. The molecule has 2 aliphatic heterocycles. The lowest BCUT2D eigenvalue weighted by molar-refractivity contribution is -0.140. The third kappa shape index (κ3) is 5.63. The maximum Gasteiger partial charge on any atom is 0.225 e. The van der Waals surface area contributed by atoms with E-state index in [4.69, 9.17) is 4.74 Å². The van der Waals surface area contributed by atoms with Gasteiger partial charge in [-0.3, -0.25) is 9.79 Å². The van der Waals surface area contributed by atoms with Gasteiger partial charge >= 0.3 is 0 Å². The van der Waals surface area contributed by atoms with Crippen LogP contribution in [0, 0.1) is 11.8 Å². The summed E-state index contributed by atoms with van der Waals surface area (Å²) in [6.07, 6.45) is 3.07. The van der Waals surface area contributed by atoms with Crippen molar-refractivity contribution in [3.05, 3.63) is 35.9 Å². The maximum atomic E-state index is 12.7. The number of piperidine rings is 1. The zero-order valence-corrected chi connectivity index (χ0v) is 19.6. The van der Waals surface area contributed by atoms with Crippen molar-refractivity contribution < 1.29 is 9.53 Å². The van der Waals surface area contributed by atoms with Crippen LogP contribution in [0.4, 0.5) is 0 Å². The van der Waals surface area contributed by atoms with E-state index in [-0.39, 0.29) is 29.9 Å². The fourth-order valence-corrected chi connectivity index (χ4v) is 4.52. The van der Waals surface area contributed by atoms with Gasteiger partial charge in [0.15, 0.2) is 5.96 Å². The van der Waals surface area contributed by atoms with E-state index in [1.54, 1.807) is 0 Å². The number of amides is 1. The Morgan fingerprint density at radius 2 is 1.79 bits per heavy atom. The van der Waals surface area contributed by atoms with Crippen LogP contribution < -0.4 is 5.32 Å². The molecule has 2 atom stereocenters. The Balaban J connectivity index is 0.00000240. The minimum Gasteiger partial charge on any atom is -0.378 e. The molecule has 1 saturated carbocycles. The summed E-state index contributed by atoms with van der Waals surface area (Å²) in [6.45, 7) is 5.59. The predicted molar refractivity (Wildman–Crippen MR) is 126 cm³/mol. The molecule has 160 valence electrons. The molecule has 0 radical (unpaired) electrons. The highest BCUT2D eigenvalue weighted by Crippen LogP contribution is 2.46. The molecule has 0 aromatic heterocycles. The molecular formula is C22H33IN4O2. The van der Waals surface area contributed by atoms with Crippen molar-refractivity contribution >= 4 is 35.8 Å². The van der Waals surface area contributed by atoms with Gasteiger partial charge < -0.3 is 19.9 Å². The number of guanidine groups is 1. The van der Waals surface area contributed by atoms with Gasteiger partial charge in [-0.25, -0.2) is 0 Å². The van der Waals surface area contributed by atoms with E-state index in [1.807, 2.05) is 11.9 Å². The standard InChI is InChI=1S/C22H32N4O2.HI/c1-23-22(24-16-19-15-20(19)17-5-3-2-4-6-17)26-9-7-18(8-10-26)21(27)25-11-13-28-14-12-25;/h2-6,18-20H,7-16H2,1H3,(H,23,24);1H. The smallest absolute Gasteiger partial charge is 0.225 e. The molecule has 7 heteroatoms. The van der Waals surface area contributed by atoms with Crippen molar-refractivity contribution in [3.8, 4) is 0 Å². The quantitative estimate of drug-likeness (QED) is 0.383. The third-order valence-electron chi connectivity index (χ3n) is 6.35. The summed E-state index contributed by atoms with van der Waals surface area (Å²) in [5, 5.41) is 3.57. The average Bonchev–Trinajstić information content (AvgIpc) is 3.55. The molecule has 4 rings (SSSR count). The van der Waals surface area contributed by atoms with Gasteiger partial charge in [-0.15, -0.1) is 24.0 Å². The lowest BCUT2D eigenvalue weighted by Gasteiger charge is -2.36. The van der Waals surface area contributed by atoms with Crippen LogP contribution in [0.3, 0.4) is 0 Å². The number of nitrogens with zero attached hydrogens (tertiary/aromatic N) is 3. The summed E-state index contributed by atoms with van der Waals surface area (Å²) >= 11 is 0. The van der Waals surface area contributed by atoms with Crippen LogP contribution in [-0.4, -0.2) is 74.7 Å². The second-order valence-corrected chi connectivity index (χ2v) is 8.14. The van der Waals surface area contributed by atoms with Crippen LogP contribution in [0.1, 0.15) is 30.7 Å². The number of hydrogen-bond acceptors (Lipinski definition) is 3. The van der Waals surface area contributed by atoms with E-state index < -0.39 is 0 Å². The zero-order chi connectivity index (χ0) is 19.3. The number of carbonyl (C=O) groups excluding carboxylic acids is 1. The molecule has 1 aliphatic carbocycles. The van der Waals surface area contributed by atoms with E-state index in [0.29, 0.717) is 31.0 Å². The van der Waals surface area contributed by atoms with Crippen molar-refractivity contribution in [1.29, 1.82) is 0 Å². The first kappa shape index (κ1) is 22.3. The average molecular weight is 512 g/mol. The van der Waals surface area contributed by atoms with Gasteiger partial charge in [0, 0.05) is 45.7 Å². The number of likely N-dealkylation sites (tertiary alicyclic amines) is 1. The molecule has 2 heterocycles. The molecule has 0 bridgehead atoms. The second-order valence-electron chi connectivity index (χ2n) is 8.14. The van der Waals surface area contributed by atoms with E-state index in [1.165, 1.54) is 12.0 Å². The van der Waals surface area contributed by atoms with Crippen molar-refractivity contribution in [1.82, 2.24) is 15.1 Å². The predicted octanol–water partition coefficient (Wildman–Crippen LogP) is 2.55. The van der Waals surface area contributed by atoms with Crippen LogP contribution in [0.25, 0.3) is 0 Å². The van der Waals surface area contributed by atoms with Crippen LogP contribution in [0.5, 0.6) is 0 Å². The molecule has 3 aliphatic rings. The van der Waals surface area contributed by atoms with Gasteiger partial charge in [0.1, 0.15) is 0 Å². The minimum atomic E-state index is 0. The molecule has 6 nitrogen and oxygen atoms in total. The lowest BCUT2D eigenvalue weighted by atomic mass is 9.95. The monoisotopic (exact) mass is 512 g/mol. The maximum absolute atomic E-state index is 12.7. The highest BCUT2D eigenvalue weighted by molar-refractivity contribution is 14.0. The third-order valence-corrected chi connectivity index (χ3v) is 6.35. The van der Waals surface area contributed by atoms with Gasteiger partial charge in [-0.2, -0.15) is 0 Å². The van der Waals surface area contributed by atoms with Gasteiger partial charge in [0.25, 0.3) is 0 Å². The zero-order valence-electron chi connectivity index (χ0n) is 17.3. The molecule has 1 aromatic carbocycles. The first-order valence-electron chi connectivity index (χ1n) is 10.6. The fraction of sp³-hybridized carbons (Fsp3) is 0.636. The SMILES string of the molecule is CN=C(NCC1CC1c1ccccc1)N1CCC(C(=O)N2CCOCC2)CC1.I. The van der Waals surface area contributed by atoms with Crippen LogP contribution in [-0.2, 0) is 9.53 Å². The lowest BCUT2D eigenvalue weighted by Crippen LogP contribution is -2.50. The minimum absolute atomic E-state index is 0. The molecule has 1 amide bonds. The number of halogens is 1. The van der Waals surface area contributed by atoms with Crippen molar-refractivity contribution in [2.75, 3.05) is 53.0 Å². The second kappa shape index (κ2) is 10.6. The number of hydrogen-bond donors (Lipinski definition) is 1. The highest BCUT2D eigenvalue weighted by atomic mass is 127. The molecule has 3 fully saturated rings. The van der Waals surface area contributed by atoms with Crippen LogP contribution in [0.15, 0.2) is 35.3 Å². The van der Waals surface area contributed by atoms with Crippen molar-refractivity contribution in [3.63, 3.8) is 0 Å². The number of morpholine rings is 1. The summed E-state index contributed by atoms with van der Waals surface area (Å²) < 4.78 is 5.36. The molecular weight excluding hydrogens is 479 g/mol. The van der Waals surface area contributed by atoms with E-state index in [9.17, 15) is 4.79 Å². The van der Waals surface area contributed by atoms with Gasteiger partial charge in [-0.1, -0.05) is 30.3 Å². The number of rotatable bonds is 4. The number of carbonyl (C=O) groups is 1. The summed E-state index contributed by atoms with van der Waals surface area (Å²) in [7, 11) is 1.86. The Morgan fingerprint density at radius 1 is 1.10 bits per heavy atom. The molecule has 0 spiro atoms. The number of ether oxygens (including phenoxy) is 1. The largest absolute Gasteiger partial charge is 0.378 e. The van der Waals surface area contributed by atoms with Crippen LogP contribution >= 0.6 is 24.0 Å². The number of aliphatic imine (C=N–C) groups is 1. The molecule has 1 N–H and O–H groups in total. The summed E-state index contributed by atoms with van der Waals surface area (Å²) in [5.41, 5.74) is 1.45. The Bertz CT molecular complexity index is 685. The number of nitrogens with one attached hydrogen (secondary N) is 1. The highest BCUT2D eigenvalue weighted by Gasteiger charge is 2.38. The molecule has 2 saturated heterocycles. The summed E-state index contributed by atoms with van der Waals surface area (Å²) in [6, 6.07) is 10.8. The van der Waals surface area contributed by atoms with Gasteiger partial charge in [0.2, 0.25) is 5.91 Å².